The maximum absolute atomic E-state index is 15.2. The smallest absolute Gasteiger partial charge is 0.331 e. The van der Waals surface area contributed by atoms with Gasteiger partial charge in [-0.2, -0.15) is 0 Å². The Hall–Kier alpha value is -2.88. The molecule has 3 spiro atoms. The summed E-state index contributed by atoms with van der Waals surface area (Å²) in [6.45, 7) is -0.127. The molecule has 69 heavy (non-hydrogen) atoms. The highest BCUT2D eigenvalue weighted by Gasteiger charge is 2.87. The van der Waals surface area contributed by atoms with E-state index in [0.29, 0.717) is 63.2 Å². The summed E-state index contributed by atoms with van der Waals surface area (Å²) in [6, 6.07) is 5.68. The van der Waals surface area contributed by atoms with Crippen molar-refractivity contribution in [3.63, 3.8) is 0 Å². The highest BCUT2D eigenvalue weighted by molar-refractivity contribution is 5.86. The zero-order valence-corrected chi connectivity index (χ0v) is 40.8. The normalized spacial score (nSPS) is 51.0. The summed E-state index contributed by atoms with van der Waals surface area (Å²) >= 11 is 0. The van der Waals surface area contributed by atoms with E-state index in [2.05, 4.69) is 29.3 Å². The number of allylic oxidation sites excluding steroid dienone is 2. The molecule has 19 atom stereocenters. The average Bonchev–Trinajstić information content (AvgIpc) is 4.20. The first-order valence-electron chi connectivity index (χ1n) is 27.8. The number of aliphatic hydroxyl groups is 6. The predicted molar refractivity (Wildman–Crippen MR) is 257 cm³/mol. The lowest BCUT2D eigenvalue weighted by molar-refractivity contribution is -0.387. The Labute approximate surface area is 408 Å². The fourth-order valence-corrected chi connectivity index (χ4v) is 21.9. The molecule has 1 aliphatic heterocycles. The van der Waals surface area contributed by atoms with Crippen molar-refractivity contribution in [2.45, 2.75) is 189 Å². The van der Waals surface area contributed by atoms with Gasteiger partial charge in [0.15, 0.2) is 0 Å². The van der Waals surface area contributed by atoms with Gasteiger partial charge < -0.3 is 45.5 Å². The van der Waals surface area contributed by atoms with Gasteiger partial charge in [-0.25, -0.2) is 4.79 Å². The summed E-state index contributed by atoms with van der Waals surface area (Å²) in [6.07, 6.45) is 20.8. The number of aldehydes is 1. The SMILES string of the molecule is CN[C@@H]1Cc2c(cccc2CO)C#CCC[C@]23CC[C@H]4[C@@](O)([C@H](O)[C@H]5C[C@@H]6[C@H](C=CC[C@H]6C6CCCC6)C[C@H]6[C@@H](O)[C@]7(CCCC78CCCC8)C[C@@]4(C=O)[C@]56O)[C@@]2(O)C[C@@H]2C[C@@H]1[C@H]1OC(=O)C=C1[C@@H]23. The third kappa shape index (κ3) is 5.61. The lowest BCUT2D eigenvalue weighted by Gasteiger charge is -2.75. The van der Waals surface area contributed by atoms with Gasteiger partial charge in [-0.15, -0.1) is 0 Å². The van der Waals surface area contributed by atoms with Crippen molar-refractivity contribution in [1.82, 2.24) is 5.32 Å². The fraction of sp³-hybridized carbons (Fsp3) is 0.763. The number of aliphatic hydroxyl groups excluding tert-OH is 3. The van der Waals surface area contributed by atoms with E-state index in [1.54, 1.807) is 6.08 Å². The number of benzene rings is 1. The van der Waals surface area contributed by atoms with E-state index < -0.39 is 75.1 Å². The fourth-order valence-electron chi connectivity index (χ4n) is 21.9. The second-order valence-electron chi connectivity index (χ2n) is 25.7. The number of ether oxygens (including phenoxy) is 1. The van der Waals surface area contributed by atoms with Crippen LogP contribution >= 0.6 is 0 Å². The van der Waals surface area contributed by atoms with Crippen LogP contribution in [0.3, 0.4) is 0 Å². The van der Waals surface area contributed by atoms with E-state index in [9.17, 15) is 35.4 Å². The third-order valence-electron chi connectivity index (χ3n) is 24.3. The summed E-state index contributed by atoms with van der Waals surface area (Å²) in [5.74, 6) is 4.16. The molecular weight excluding hydrogens is 867 g/mol. The van der Waals surface area contributed by atoms with Crippen LogP contribution in [0, 0.1) is 92.7 Å². The standard InChI is InChI=1S/C59H77NO9/c1-60-46-28-40-35(14-8-16-37(40)31-61)13-4-5-22-54-24-18-47-56(33-62)32-55(23-10-21-53(55)19-6-7-20-53)51(64)44-26-36-15-9-17-39(34-11-2-3-12-34)41(36)27-45(58(44,56)67)52(65)59(47,68)57(54,66)30-38-25-42(46)50-43(49(38)54)29-48(63)69-50/h8-9,14-16,29,33-34,36,38-39,41-42,44-47,49-52,60-61,64-68H,2-3,5-7,10-12,17-28,30-32H2,1H3/t36-,38+,39+,41-,42+,44+,45-,46-,47-,49-,50-,51-,52-,54-,55+,56+,57-,58-,59-/m1/s1. The van der Waals surface area contributed by atoms with Gasteiger partial charge in [0, 0.05) is 58.6 Å². The van der Waals surface area contributed by atoms with Crippen LogP contribution in [0.1, 0.15) is 152 Å². The van der Waals surface area contributed by atoms with Crippen LogP contribution in [0.25, 0.3) is 0 Å². The molecule has 10 nitrogen and oxygen atoms in total. The monoisotopic (exact) mass is 944 g/mol. The highest BCUT2D eigenvalue weighted by Crippen LogP contribution is 2.81. The maximum atomic E-state index is 15.2. The second-order valence-corrected chi connectivity index (χ2v) is 25.7. The zero-order valence-electron chi connectivity index (χ0n) is 40.8. The van der Waals surface area contributed by atoms with Gasteiger partial charge in [-0.1, -0.05) is 81.1 Å². The van der Waals surface area contributed by atoms with Gasteiger partial charge in [0.2, 0.25) is 0 Å². The van der Waals surface area contributed by atoms with E-state index >= 15 is 4.79 Å². The first-order chi connectivity index (χ1) is 33.3. The lowest BCUT2D eigenvalue weighted by Crippen LogP contribution is -2.86. The molecule has 13 aliphatic rings. The van der Waals surface area contributed by atoms with Crippen molar-refractivity contribution in [1.29, 1.82) is 0 Å². The molecule has 1 aromatic carbocycles. The molecule has 372 valence electrons. The van der Waals surface area contributed by atoms with Crippen LogP contribution in [-0.2, 0) is 27.4 Å². The number of nitrogens with one attached hydrogen (secondary N) is 1. The molecule has 10 heteroatoms. The van der Waals surface area contributed by atoms with Crippen LogP contribution in [-0.4, -0.2) is 91.1 Å². The van der Waals surface area contributed by atoms with Crippen molar-refractivity contribution in [3.05, 3.63) is 58.7 Å². The van der Waals surface area contributed by atoms with Crippen molar-refractivity contribution in [2.75, 3.05) is 7.05 Å². The first-order valence-corrected chi connectivity index (χ1v) is 27.8. The van der Waals surface area contributed by atoms with E-state index in [0.717, 1.165) is 92.8 Å². The van der Waals surface area contributed by atoms with Gasteiger partial charge in [0.25, 0.3) is 0 Å². The molecule has 7 N–H and O–H groups in total. The molecular formula is C59H77NO9. The summed E-state index contributed by atoms with van der Waals surface area (Å²) < 4.78 is 6.34. The van der Waals surface area contributed by atoms with E-state index in [1.807, 2.05) is 25.2 Å². The summed E-state index contributed by atoms with van der Waals surface area (Å²) in [5.41, 5.74) is -5.93. The Balaban J connectivity index is 1.01. The van der Waals surface area contributed by atoms with Gasteiger partial charge in [0.1, 0.15) is 23.6 Å². The Morgan fingerprint density at radius 1 is 0.841 bits per heavy atom. The van der Waals surface area contributed by atoms with Crippen LogP contribution in [0.2, 0.25) is 0 Å². The molecule has 9 fully saturated rings. The molecule has 14 rings (SSSR count). The number of hydrogen-bond donors (Lipinski definition) is 7. The zero-order chi connectivity index (χ0) is 47.5. The van der Waals surface area contributed by atoms with Crippen molar-refractivity contribution in [3.8, 4) is 11.8 Å². The van der Waals surface area contributed by atoms with Gasteiger partial charge in [-0.05, 0) is 161 Å². The molecule has 0 unspecified atom stereocenters. The Morgan fingerprint density at radius 2 is 1.62 bits per heavy atom. The Morgan fingerprint density at radius 3 is 2.39 bits per heavy atom. The summed E-state index contributed by atoms with van der Waals surface area (Å²) in [5, 5.41) is 85.5. The van der Waals surface area contributed by atoms with Crippen molar-refractivity contribution >= 4 is 12.3 Å². The van der Waals surface area contributed by atoms with Crippen LogP contribution in [0.5, 0.6) is 0 Å². The number of carbonyl (C=O) groups excluding carboxylic acids is 2. The predicted octanol–water partition coefficient (Wildman–Crippen LogP) is 6.63. The lowest BCUT2D eigenvalue weighted by atomic mass is 9.31. The van der Waals surface area contributed by atoms with Crippen LogP contribution in [0.4, 0.5) is 0 Å². The molecule has 0 radical (unpaired) electrons. The first kappa shape index (κ1) is 45.9. The molecule has 0 saturated heterocycles. The molecule has 12 aliphatic carbocycles. The number of likely N-dealkylation sites (N-methyl/N-ethyl adjacent to an activating group) is 1. The summed E-state index contributed by atoms with van der Waals surface area (Å²) in [4.78, 5) is 29.0. The van der Waals surface area contributed by atoms with E-state index in [4.69, 9.17) is 4.74 Å². The summed E-state index contributed by atoms with van der Waals surface area (Å²) in [7, 11) is 1.93. The minimum absolute atomic E-state index is 0.0519. The molecule has 0 amide bonds. The molecule has 1 heterocycles. The molecule has 0 aromatic heterocycles. The van der Waals surface area contributed by atoms with Crippen LogP contribution < -0.4 is 5.32 Å². The molecule has 1 aromatic rings. The average molecular weight is 944 g/mol. The van der Waals surface area contributed by atoms with Crippen molar-refractivity contribution < 1.29 is 45.0 Å². The Kier molecular flexibility index (Phi) is 10.5. The number of fused-ring (bicyclic) bond motifs is 8. The Bertz CT molecular complexity index is 2400. The van der Waals surface area contributed by atoms with E-state index in [-0.39, 0.29) is 60.5 Å². The number of hydrogen-bond acceptors (Lipinski definition) is 10. The minimum atomic E-state index is -2.21. The number of rotatable bonds is 4. The van der Waals surface area contributed by atoms with Gasteiger partial charge in [0.05, 0.1) is 29.8 Å². The third-order valence-corrected chi connectivity index (χ3v) is 24.3. The van der Waals surface area contributed by atoms with E-state index in [1.165, 1.54) is 12.8 Å². The quantitative estimate of drug-likeness (QED) is 0.0751. The number of carbonyl (C=O) groups is 2. The maximum Gasteiger partial charge on any atom is 0.331 e. The van der Waals surface area contributed by atoms with Crippen LogP contribution in [0.15, 0.2) is 42.0 Å². The minimum Gasteiger partial charge on any atom is -0.454 e. The number of esters is 1. The van der Waals surface area contributed by atoms with Gasteiger partial charge >= 0.3 is 5.97 Å². The highest BCUT2D eigenvalue weighted by atomic mass is 16.5. The molecule has 9 saturated carbocycles. The largest absolute Gasteiger partial charge is 0.454 e. The topological polar surface area (TPSA) is 177 Å². The van der Waals surface area contributed by atoms with Gasteiger partial charge in [-0.3, -0.25) is 0 Å². The second kappa shape index (κ2) is 15.8. The molecule has 4 bridgehead atoms. The van der Waals surface area contributed by atoms with Crippen molar-refractivity contribution in [2.24, 2.45) is 80.8 Å².